The van der Waals surface area contributed by atoms with Gasteiger partial charge in [0.25, 0.3) is 0 Å². The molecule has 4 aliphatic rings. The number of benzene rings is 1. The Bertz CT molecular complexity index is 726. The number of hydrogen-bond donors (Lipinski definition) is 2. The molecule has 4 bridgehead atoms. The van der Waals surface area contributed by atoms with Crippen molar-refractivity contribution in [3.63, 3.8) is 0 Å². The van der Waals surface area contributed by atoms with Crippen molar-refractivity contribution in [3.05, 3.63) is 29.3 Å². The van der Waals surface area contributed by atoms with Gasteiger partial charge in [0.15, 0.2) is 0 Å². The summed E-state index contributed by atoms with van der Waals surface area (Å²) in [6.45, 7) is 3.95. The number of amides is 2. The van der Waals surface area contributed by atoms with Crippen molar-refractivity contribution in [1.29, 1.82) is 0 Å². The molecule has 2 N–H and O–H groups in total. The van der Waals surface area contributed by atoms with Gasteiger partial charge >= 0.3 is 0 Å². The average Bonchev–Trinajstić information content (AvgIpc) is 2.54. The van der Waals surface area contributed by atoms with Gasteiger partial charge in [0.2, 0.25) is 11.8 Å². The number of hydrogen-bond acceptors (Lipinski definition) is 2. The molecule has 26 heavy (non-hydrogen) atoms. The molecule has 1 aromatic rings. The Morgan fingerprint density at radius 3 is 2.31 bits per heavy atom. The van der Waals surface area contributed by atoms with Crippen LogP contribution in [0.15, 0.2) is 18.2 Å². The van der Waals surface area contributed by atoms with E-state index in [4.69, 9.17) is 11.6 Å². The number of carbonyl (C=O) groups excluding carboxylic acids is 2. The zero-order valence-corrected chi connectivity index (χ0v) is 16.3. The Kier molecular flexibility index (Phi) is 4.30. The van der Waals surface area contributed by atoms with E-state index in [1.165, 1.54) is 6.42 Å². The summed E-state index contributed by atoms with van der Waals surface area (Å²) in [5, 5.41) is 5.84. The van der Waals surface area contributed by atoms with Crippen molar-refractivity contribution in [2.24, 2.45) is 17.3 Å². The summed E-state index contributed by atoms with van der Waals surface area (Å²) in [5.41, 5.74) is 2.52. The van der Waals surface area contributed by atoms with E-state index >= 15 is 0 Å². The predicted octanol–water partition coefficient (Wildman–Crippen LogP) is 3.94. The average molecular weight is 375 g/mol. The summed E-state index contributed by atoms with van der Waals surface area (Å²) < 4.78 is 0. The van der Waals surface area contributed by atoms with E-state index in [9.17, 15) is 9.59 Å². The van der Waals surface area contributed by atoms with Gasteiger partial charge in [-0.25, -0.2) is 0 Å². The van der Waals surface area contributed by atoms with Crippen molar-refractivity contribution < 1.29 is 9.59 Å². The van der Waals surface area contributed by atoms with Gasteiger partial charge in [0.05, 0.1) is 12.0 Å². The molecule has 0 aromatic heterocycles. The number of anilines is 1. The molecule has 2 amide bonds. The lowest BCUT2D eigenvalue weighted by molar-refractivity contribution is -0.145. The maximum absolute atomic E-state index is 13.0. The molecule has 4 aliphatic carbocycles. The largest absolute Gasteiger partial charge is 0.347 e. The lowest BCUT2D eigenvalue weighted by Gasteiger charge is -2.59. The van der Waals surface area contributed by atoms with Gasteiger partial charge in [-0.05, 0) is 75.3 Å². The second-order valence-electron chi connectivity index (χ2n) is 8.89. The third-order valence-corrected chi connectivity index (χ3v) is 7.07. The van der Waals surface area contributed by atoms with E-state index in [1.54, 1.807) is 0 Å². The minimum Gasteiger partial charge on any atom is -0.347 e. The predicted molar refractivity (Wildman–Crippen MR) is 103 cm³/mol. The molecule has 0 saturated heterocycles. The third-order valence-electron chi connectivity index (χ3n) is 6.63. The standard InChI is InChI=1S/C21H27ClN2O2/c1-13-4-3-5-14(2)18(13)24-17(25)11-23-19(26)20-7-15-6-16(8-20)10-21(22,9-15)12-20/h3-5,15-16H,6-12H2,1-2H3,(H,23,26)(H,24,25). The van der Waals surface area contributed by atoms with E-state index in [0.29, 0.717) is 11.8 Å². The highest BCUT2D eigenvalue weighted by molar-refractivity contribution is 6.24. The van der Waals surface area contributed by atoms with Gasteiger partial charge in [-0.2, -0.15) is 0 Å². The molecule has 5 heteroatoms. The Morgan fingerprint density at radius 1 is 1.12 bits per heavy atom. The van der Waals surface area contributed by atoms with Gasteiger partial charge in [0.1, 0.15) is 0 Å². The van der Waals surface area contributed by atoms with Crippen molar-refractivity contribution >= 4 is 29.1 Å². The first-order chi connectivity index (χ1) is 12.3. The summed E-state index contributed by atoms with van der Waals surface area (Å²) >= 11 is 6.81. The SMILES string of the molecule is Cc1cccc(C)c1NC(=O)CNC(=O)C12CC3CC(CC(Cl)(C3)C1)C2. The molecular weight excluding hydrogens is 348 g/mol. The second-order valence-corrected chi connectivity index (χ2v) is 9.69. The smallest absolute Gasteiger partial charge is 0.243 e. The van der Waals surface area contributed by atoms with Crippen LogP contribution in [-0.2, 0) is 9.59 Å². The fourth-order valence-electron chi connectivity index (χ4n) is 5.96. The maximum Gasteiger partial charge on any atom is 0.243 e. The van der Waals surface area contributed by atoms with Crippen LogP contribution in [0.3, 0.4) is 0 Å². The van der Waals surface area contributed by atoms with Crippen molar-refractivity contribution in [3.8, 4) is 0 Å². The van der Waals surface area contributed by atoms with Crippen LogP contribution in [0.2, 0.25) is 0 Å². The fraction of sp³-hybridized carbons (Fsp3) is 0.619. The highest BCUT2D eigenvalue weighted by Gasteiger charge is 2.60. The summed E-state index contributed by atoms with van der Waals surface area (Å²) in [4.78, 5) is 25.1. The van der Waals surface area contributed by atoms with E-state index < -0.39 is 0 Å². The van der Waals surface area contributed by atoms with Crippen LogP contribution in [0.25, 0.3) is 0 Å². The quantitative estimate of drug-likeness (QED) is 0.784. The van der Waals surface area contributed by atoms with Crippen LogP contribution in [-0.4, -0.2) is 23.2 Å². The monoisotopic (exact) mass is 374 g/mol. The van der Waals surface area contributed by atoms with Crippen LogP contribution in [0.5, 0.6) is 0 Å². The topological polar surface area (TPSA) is 58.2 Å². The molecule has 1 aromatic carbocycles. The minimum absolute atomic E-state index is 0.0129. The van der Waals surface area contributed by atoms with Crippen molar-refractivity contribution in [2.75, 3.05) is 11.9 Å². The van der Waals surface area contributed by atoms with Gasteiger partial charge in [-0.3, -0.25) is 9.59 Å². The summed E-state index contributed by atoms with van der Waals surface area (Å²) in [6, 6.07) is 5.91. The van der Waals surface area contributed by atoms with E-state index in [0.717, 1.165) is 48.9 Å². The second kappa shape index (κ2) is 6.26. The van der Waals surface area contributed by atoms with Crippen LogP contribution >= 0.6 is 11.6 Å². The molecular formula is C21H27ClN2O2. The number of carbonyl (C=O) groups is 2. The normalized spacial score (nSPS) is 34.6. The summed E-state index contributed by atoms with van der Waals surface area (Å²) in [5.74, 6) is 0.986. The number of nitrogens with one attached hydrogen (secondary N) is 2. The van der Waals surface area contributed by atoms with E-state index in [-0.39, 0.29) is 28.6 Å². The molecule has 4 saturated carbocycles. The highest BCUT2D eigenvalue weighted by Crippen LogP contribution is 2.63. The molecule has 2 unspecified atom stereocenters. The number of aryl methyl sites for hydroxylation is 2. The Hall–Kier alpha value is -1.55. The number of rotatable bonds is 4. The van der Waals surface area contributed by atoms with E-state index in [1.807, 2.05) is 32.0 Å². The number of halogens is 1. The maximum atomic E-state index is 13.0. The van der Waals surface area contributed by atoms with Gasteiger partial charge in [0, 0.05) is 10.6 Å². The molecule has 0 radical (unpaired) electrons. The van der Waals surface area contributed by atoms with E-state index in [2.05, 4.69) is 10.6 Å². The van der Waals surface area contributed by atoms with Crippen LogP contribution in [0.1, 0.15) is 49.7 Å². The highest BCUT2D eigenvalue weighted by atomic mass is 35.5. The van der Waals surface area contributed by atoms with Crippen LogP contribution in [0.4, 0.5) is 5.69 Å². The first-order valence-electron chi connectivity index (χ1n) is 9.62. The number of para-hydroxylation sites is 1. The molecule has 4 nitrogen and oxygen atoms in total. The minimum atomic E-state index is -0.356. The molecule has 0 aliphatic heterocycles. The molecule has 2 atom stereocenters. The number of alkyl halides is 1. The van der Waals surface area contributed by atoms with Crippen molar-refractivity contribution in [2.45, 2.75) is 57.2 Å². The Balaban J connectivity index is 1.39. The molecule has 5 rings (SSSR count). The summed E-state index contributed by atoms with van der Waals surface area (Å²) in [7, 11) is 0. The zero-order valence-electron chi connectivity index (χ0n) is 15.5. The zero-order chi connectivity index (χ0) is 18.5. The lowest BCUT2D eigenvalue weighted by atomic mass is 9.49. The first kappa shape index (κ1) is 17.8. The Labute approximate surface area is 160 Å². The van der Waals surface area contributed by atoms with Gasteiger partial charge in [-0.15, -0.1) is 11.6 Å². The van der Waals surface area contributed by atoms with Crippen LogP contribution < -0.4 is 10.6 Å². The molecule has 0 spiro atoms. The van der Waals surface area contributed by atoms with Gasteiger partial charge < -0.3 is 10.6 Å². The first-order valence-corrected chi connectivity index (χ1v) is 10.00. The molecule has 4 fully saturated rings. The lowest BCUT2D eigenvalue weighted by Crippen LogP contribution is -2.58. The Morgan fingerprint density at radius 2 is 1.73 bits per heavy atom. The fourth-order valence-corrected chi connectivity index (χ4v) is 6.65. The third kappa shape index (κ3) is 3.13. The summed E-state index contributed by atoms with van der Waals surface area (Å²) in [6.07, 6.45) is 5.94. The van der Waals surface area contributed by atoms with Crippen molar-refractivity contribution in [1.82, 2.24) is 5.32 Å². The molecule has 140 valence electrons. The molecule has 0 heterocycles. The van der Waals surface area contributed by atoms with Crippen LogP contribution in [0, 0.1) is 31.1 Å². The van der Waals surface area contributed by atoms with Gasteiger partial charge in [-0.1, -0.05) is 18.2 Å².